The van der Waals surface area contributed by atoms with E-state index in [4.69, 9.17) is 0 Å². The number of carbonyl (C=O) groups is 2. The number of nitrogens with zero attached hydrogens (tertiary/aromatic N) is 2. The van der Waals surface area contributed by atoms with Crippen LogP contribution in [0, 0.1) is 0 Å². The summed E-state index contributed by atoms with van der Waals surface area (Å²) in [6.45, 7) is 0. The lowest BCUT2D eigenvalue weighted by Gasteiger charge is -2.19. The van der Waals surface area contributed by atoms with E-state index in [1.165, 1.54) is 36.7 Å². The highest BCUT2D eigenvalue weighted by atomic mass is 16.5. The first-order valence-corrected chi connectivity index (χ1v) is 8.39. The van der Waals surface area contributed by atoms with E-state index < -0.39 is 23.3 Å². The minimum atomic E-state index is -0.677. The number of fused-ring (bicyclic) bond motifs is 1. The number of para-hydroxylation sites is 1. The first-order chi connectivity index (χ1) is 13.3. The molecule has 0 saturated carbocycles. The van der Waals surface area contributed by atoms with Crippen molar-refractivity contribution in [1.29, 1.82) is 0 Å². The Hall–Kier alpha value is -3.81. The van der Waals surface area contributed by atoms with Gasteiger partial charge >= 0.3 is 6.09 Å². The molecule has 0 radical (unpaired) electrons. The van der Waals surface area contributed by atoms with Gasteiger partial charge in [0.15, 0.2) is 0 Å². The van der Waals surface area contributed by atoms with Crippen molar-refractivity contribution in [2.45, 2.75) is 0 Å². The molecule has 28 heavy (non-hydrogen) atoms. The van der Waals surface area contributed by atoms with E-state index >= 15 is 0 Å². The van der Waals surface area contributed by atoms with E-state index in [2.05, 4.69) is 10.1 Å². The Balaban J connectivity index is 2.15. The van der Waals surface area contributed by atoms with Crippen LogP contribution in [0.1, 0.15) is 10.4 Å². The number of aromatic nitrogens is 1. The Morgan fingerprint density at radius 1 is 1.14 bits per heavy atom. The number of hydrogen-bond donors (Lipinski definition) is 2. The van der Waals surface area contributed by atoms with Gasteiger partial charge in [0.2, 0.25) is 0 Å². The number of hydrogen-bond acceptors (Lipinski definition) is 5. The number of anilines is 2. The predicted octanol–water partition coefficient (Wildman–Crippen LogP) is 2.70. The summed E-state index contributed by atoms with van der Waals surface area (Å²) < 4.78 is 5.83. The fourth-order valence-electron chi connectivity index (χ4n) is 2.91. The van der Waals surface area contributed by atoms with E-state index in [1.54, 1.807) is 36.4 Å². The molecule has 0 aliphatic heterocycles. The standard InChI is InChI=1S/C20H19N3O5/c1-22(13-7-5-4-6-8-13)18(25)16-17(24)14-11-12(21-20(27)28-3)9-10-15(14)23(2)19(16)26/h4-11,24H,1-3H3,(H,21,27). The van der Waals surface area contributed by atoms with Gasteiger partial charge in [-0.25, -0.2) is 4.79 Å². The van der Waals surface area contributed by atoms with Crippen LogP contribution in [0.3, 0.4) is 0 Å². The van der Waals surface area contributed by atoms with Gasteiger partial charge in [0.1, 0.15) is 11.3 Å². The second-order valence-electron chi connectivity index (χ2n) is 6.14. The molecule has 3 rings (SSSR count). The zero-order valence-corrected chi connectivity index (χ0v) is 15.6. The summed E-state index contributed by atoms with van der Waals surface area (Å²) in [4.78, 5) is 38.4. The van der Waals surface area contributed by atoms with Gasteiger partial charge in [0.05, 0.1) is 12.6 Å². The number of carbonyl (C=O) groups excluding carboxylic acids is 2. The molecule has 2 aromatic carbocycles. The van der Waals surface area contributed by atoms with Crippen molar-refractivity contribution < 1.29 is 19.4 Å². The molecule has 2 amide bonds. The smallest absolute Gasteiger partial charge is 0.411 e. The molecule has 1 heterocycles. The number of ether oxygens (including phenoxy) is 1. The van der Waals surface area contributed by atoms with Crippen molar-refractivity contribution in [2.24, 2.45) is 7.05 Å². The van der Waals surface area contributed by atoms with E-state index in [-0.39, 0.29) is 10.9 Å². The Morgan fingerprint density at radius 2 is 1.82 bits per heavy atom. The van der Waals surface area contributed by atoms with Gasteiger partial charge in [0, 0.05) is 30.9 Å². The molecule has 0 bridgehead atoms. The molecule has 0 fully saturated rings. The fourth-order valence-corrected chi connectivity index (χ4v) is 2.91. The van der Waals surface area contributed by atoms with E-state index in [1.807, 2.05) is 6.07 Å². The molecule has 3 aromatic rings. The van der Waals surface area contributed by atoms with Gasteiger partial charge < -0.3 is 19.3 Å². The molecule has 144 valence electrons. The molecule has 8 heteroatoms. The van der Waals surface area contributed by atoms with Crippen LogP contribution < -0.4 is 15.8 Å². The van der Waals surface area contributed by atoms with Gasteiger partial charge in [0.25, 0.3) is 11.5 Å². The highest BCUT2D eigenvalue weighted by Crippen LogP contribution is 2.30. The molecule has 0 saturated heterocycles. The van der Waals surface area contributed by atoms with Crippen molar-refractivity contribution in [3.05, 3.63) is 64.4 Å². The first-order valence-electron chi connectivity index (χ1n) is 8.39. The van der Waals surface area contributed by atoms with Crippen LogP contribution in [-0.4, -0.2) is 35.8 Å². The summed E-state index contributed by atoms with van der Waals surface area (Å²) in [6, 6.07) is 13.4. The Bertz CT molecular complexity index is 1120. The zero-order chi connectivity index (χ0) is 20.4. The topological polar surface area (TPSA) is 101 Å². The molecule has 0 atom stereocenters. The van der Waals surface area contributed by atoms with E-state index in [0.29, 0.717) is 16.9 Å². The molecule has 0 spiro atoms. The van der Waals surface area contributed by atoms with Gasteiger partial charge in [-0.1, -0.05) is 18.2 Å². The van der Waals surface area contributed by atoms with Crippen molar-refractivity contribution in [3.8, 4) is 5.75 Å². The highest BCUT2D eigenvalue weighted by molar-refractivity contribution is 6.10. The Kier molecular flexibility index (Phi) is 5.04. The number of aryl methyl sites for hydroxylation is 1. The summed E-state index contributed by atoms with van der Waals surface area (Å²) in [5.74, 6) is -1.09. The van der Waals surface area contributed by atoms with E-state index in [0.717, 1.165) is 0 Å². The minimum Gasteiger partial charge on any atom is -0.506 e. The SMILES string of the molecule is COC(=O)Nc1ccc2c(c1)c(O)c(C(=O)N(C)c1ccccc1)c(=O)n2C. The maximum absolute atomic E-state index is 13.0. The average molecular weight is 381 g/mol. The Morgan fingerprint density at radius 3 is 2.46 bits per heavy atom. The largest absolute Gasteiger partial charge is 0.506 e. The fraction of sp³-hybridized carbons (Fsp3) is 0.150. The number of pyridine rings is 1. The summed E-state index contributed by atoms with van der Waals surface area (Å²) in [5, 5.41) is 13.5. The molecular weight excluding hydrogens is 362 g/mol. The number of rotatable bonds is 3. The normalized spacial score (nSPS) is 10.5. The quantitative estimate of drug-likeness (QED) is 0.726. The van der Waals surface area contributed by atoms with E-state index in [9.17, 15) is 19.5 Å². The van der Waals surface area contributed by atoms with Crippen LogP contribution in [0.15, 0.2) is 53.3 Å². The van der Waals surface area contributed by atoms with Gasteiger partial charge in [-0.05, 0) is 30.3 Å². The maximum Gasteiger partial charge on any atom is 0.411 e. The highest BCUT2D eigenvalue weighted by Gasteiger charge is 2.25. The third-order valence-electron chi connectivity index (χ3n) is 4.46. The van der Waals surface area contributed by atoms with Crippen LogP contribution in [0.4, 0.5) is 16.2 Å². The number of methoxy groups -OCH3 is 1. The monoisotopic (exact) mass is 381 g/mol. The number of nitrogens with one attached hydrogen (secondary N) is 1. The van der Waals surface area contributed by atoms with Gasteiger partial charge in [-0.2, -0.15) is 0 Å². The molecule has 0 aliphatic rings. The third kappa shape index (κ3) is 3.27. The minimum absolute atomic E-state index is 0.251. The van der Waals surface area contributed by atoms with Crippen LogP contribution in [0.2, 0.25) is 0 Å². The zero-order valence-electron chi connectivity index (χ0n) is 15.6. The number of amides is 2. The van der Waals surface area contributed by atoms with Crippen LogP contribution >= 0.6 is 0 Å². The summed E-state index contributed by atoms with van der Waals surface area (Å²) in [6.07, 6.45) is -0.677. The van der Waals surface area contributed by atoms with Crippen LogP contribution in [-0.2, 0) is 11.8 Å². The van der Waals surface area contributed by atoms with Crippen molar-refractivity contribution >= 4 is 34.3 Å². The molecule has 0 unspecified atom stereocenters. The third-order valence-corrected chi connectivity index (χ3v) is 4.46. The lowest BCUT2D eigenvalue weighted by molar-refractivity contribution is 0.0988. The van der Waals surface area contributed by atoms with Crippen molar-refractivity contribution in [3.63, 3.8) is 0 Å². The van der Waals surface area contributed by atoms with Crippen LogP contribution in [0.25, 0.3) is 10.9 Å². The second kappa shape index (κ2) is 7.43. The first kappa shape index (κ1) is 19.0. The Labute approximate surface area is 160 Å². The van der Waals surface area contributed by atoms with Gasteiger partial charge in [-0.15, -0.1) is 0 Å². The number of aromatic hydroxyl groups is 1. The molecule has 0 aliphatic carbocycles. The predicted molar refractivity (Wildman–Crippen MR) is 106 cm³/mol. The average Bonchev–Trinajstić information content (AvgIpc) is 2.72. The molecule has 2 N–H and O–H groups in total. The van der Waals surface area contributed by atoms with Crippen molar-refractivity contribution in [1.82, 2.24) is 4.57 Å². The maximum atomic E-state index is 13.0. The second-order valence-corrected chi connectivity index (χ2v) is 6.14. The van der Waals surface area contributed by atoms with Gasteiger partial charge in [-0.3, -0.25) is 14.9 Å². The summed E-state index contributed by atoms with van der Waals surface area (Å²) in [5.41, 5.74) is 0.373. The molecule has 1 aromatic heterocycles. The lowest BCUT2D eigenvalue weighted by atomic mass is 10.1. The van der Waals surface area contributed by atoms with Crippen molar-refractivity contribution in [2.75, 3.05) is 24.4 Å². The van der Waals surface area contributed by atoms with Crippen LogP contribution in [0.5, 0.6) is 5.75 Å². The molecular formula is C20H19N3O5. The summed E-state index contributed by atoms with van der Waals surface area (Å²) >= 11 is 0. The summed E-state index contributed by atoms with van der Waals surface area (Å²) in [7, 11) is 4.26. The molecule has 8 nitrogen and oxygen atoms in total. The number of benzene rings is 2. The lowest BCUT2D eigenvalue weighted by Crippen LogP contribution is -2.34.